The highest BCUT2D eigenvalue weighted by atomic mass is 16.7. The van der Waals surface area contributed by atoms with Crippen LogP contribution in [-0.2, 0) is 28.6 Å². The fourth-order valence-corrected chi connectivity index (χ4v) is 10.2. The van der Waals surface area contributed by atoms with E-state index in [4.69, 9.17) is 14.2 Å². The fourth-order valence-electron chi connectivity index (χ4n) is 10.2. The maximum Gasteiger partial charge on any atom is 0.306 e. The lowest BCUT2D eigenvalue weighted by Crippen LogP contribution is -2.63. The van der Waals surface area contributed by atoms with Gasteiger partial charge in [0.05, 0.1) is 12.2 Å². The summed E-state index contributed by atoms with van der Waals surface area (Å²) in [5, 5.41) is 11.9. The van der Waals surface area contributed by atoms with Crippen molar-refractivity contribution in [1.82, 2.24) is 0 Å². The number of aliphatic hydroxyl groups is 1. The molecule has 0 radical (unpaired) electrons. The van der Waals surface area contributed by atoms with E-state index in [1.165, 1.54) is 38.5 Å². The third kappa shape index (κ3) is 7.35. The van der Waals surface area contributed by atoms with Crippen molar-refractivity contribution < 1.29 is 33.7 Å². The van der Waals surface area contributed by atoms with Crippen LogP contribution in [-0.4, -0.2) is 53.3 Å². The van der Waals surface area contributed by atoms with Gasteiger partial charge in [-0.3, -0.25) is 14.4 Å². The summed E-state index contributed by atoms with van der Waals surface area (Å²) in [5.74, 6) is -0.322. The van der Waals surface area contributed by atoms with Gasteiger partial charge in [-0.2, -0.15) is 0 Å². The van der Waals surface area contributed by atoms with Crippen molar-refractivity contribution in [3.63, 3.8) is 0 Å². The zero-order chi connectivity index (χ0) is 34.4. The van der Waals surface area contributed by atoms with Crippen LogP contribution in [0.5, 0.6) is 0 Å². The minimum absolute atomic E-state index is 0.0491. The standard InChI is InChI=1S/C41H62O7/c1-5-7-8-9-10-11-12-13-14-15-16-17-18-20-36(45)46-28-34(44)41-35(47-37(48-41)19-6-2)26-32-31-22-21-29-25-30(42)23-24-39(29,3)38(31)33(43)27-40(32,41)4/h11-12,21,23-24,31-33,35,37-38,43H,5-10,13-20,22,25-28H2,1-4H3/t31?,32?,33?,35-,37?,38?,39?,40?,41-/m1/s1. The summed E-state index contributed by atoms with van der Waals surface area (Å²) in [6, 6.07) is 0. The first-order valence-corrected chi connectivity index (χ1v) is 19.4. The van der Waals surface area contributed by atoms with E-state index in [9.17, 15) is 19.5 Å². The molecular weight excluding hydrogens is 604 g/mol. The van der Waals surface area contributed by atoms with Gasteiger partial charge in [-0.05, 0) is 75.7 Å². The molecule has 7 heteroatoms. The molecule has 0 aromatic heterocycles. The second kappa shape index (κ2) is 16.3. The first-order valence-electron chi connectivity index (χ1n) is 19.4. The molecule has 0 bridgehead atoms. The topological polar surface area (TPSA) is 99.1 Å². The fraction of sp³-hybridized carbons (Fsp3) is 0.780. The summed E-state index contributed by atoms with van der Waals surface area (Å²) in [5.41, 5.74) is -1.23. The number of esters is 1. The average molecular weight is 667 g/mol. The van der Waals surface area contributed by atoms with Crippen molar-refractivity contribution in [1.29, 1.82) is 0 Å². The Morgan fingerprint density at radius 2 is 1.71 bits per heavy atom. The quantitative estimate of drug-likeness (QED) is 0.0889. The predicted molar refractivity (Wildman–Crippen MR) is 187 cm³/mol. The number of hydrogen-bond donors (Lipinski definition) is 1. The number of rotatable bonds is 18. The minimum Gasteiger partial charge on any atom is -0.458 e. The van der Waals surface area contributed by atoms with Gasteiger partial charge in [-0.25, -0.2) is 0 Å². The van der Waals surface area contributed by atoms with Crippen molar-refractivity contribution in [2.45, 2.75) is 167 Å². The normalized spacial score (nSPS) is 36.8. The highest BCUT2D eigenvalue weighted by Crippen LogP contribution is 2.69. The van der Waals surface area contributed by atoms with Gasteiger partial charge >= 0.3 is 5.97 Å². The monoisotopic (exact) mass is 666 g/mol. The molecule has 268 valence electrons. The Morgan fingerprint density at radius 3 is 2.44 bits per heavy atom. The van der Waals surface area contributed by atoms with Crippen LogP contribution in [0.2, 0.25) is 0 Å². The minimum atomic E-state index is -1.27. The first-order chi connectivity index (χ1) is 23.1. The maximum absolute atomic E-state index is 14.3. The molecule has 0 spiro atoms. The van der Waals surface area contributed by atoms with Crippen LogP contribution < -0.4 is 0 Å². The van der Waals surface area contributed by atoms with E-state index in [-0.39, 0.29) is 47.3 Å². The molecule has 0 aromatic rings. The van der Waals surface area contributed by atoms with Gasteiger partial charge in [-0.1, -0.05) is 103 Å². The number of carbonyl (C=O) groups is 3. The van der Waals surface area contributed by atoms with E-state index >= 15 is 0 Å². The number of hydrogen-bond acceptors (Lipinski definition) is 7. The van der Waals surface area contributed by atoms with E-state index in [1.54, 1.807) is 6.08 Å². The molecule has 5 aliphatic rings. The molecule has 0 aromatic carbocycles. The van der Waals surface area contributed by atoms with Crippen molar-refractivity contribution in [3.05, 3.63) is 36.0 Å². The molecule has 3 fully saturated rings. The molecule has 2 saturated carbocycles. The molecule has 4 aliphatic carbocycles. The molecule has 5 rings (SSSR count). The largest absolute Gasteiger partial charge is 0.458 e. The lowest BCUT2D eigenvalue weighted by molar-refractivity contribution is -0.200. The molecule has 7 nitrogen and oxygen atoms in total. The zero-order valence-electron chi connectivity index (χ0n) is 30.2. The molecule has 1 N–H and O–H groups in total. The Hall–Kier alpha value is -2.09. The summed E-state index contributed by atoms with van der Waals surface area (Å²) in [6.45, 7) is 8.23. The number of carbonyl (C=O) groups excluding carboxylic acids is 3. The van der Waals surface area contributed by atoms with Gasteiger partial charge in [-0.15, -0.1) is 0 Å². The van der Waals surface area contributed by atoms with Gasteiger partial charge in [0.2, 0.25) is 5.78 Å². The number of ether oxygens (including phenoxy) is 3. The Morgan fingerprint density at radius 1 is 1.00 bits per heavy atom. The van der Waals surface area contributed by atoms with Gasteiger partial charge in [0.15, 0.2) is 24.3 Å². The van der Waals surface area contributed by atoms with E-state index < -0.39 is 29.5 Å². The Balaban J connectivity index is 1.15. The summed E-state index contributed by atoms with van der Waals surface area (Å²) >= 11 is 0. The lowest BCUT2D eigenvalue weighted by atomic mass is 9.47. The van der Waals surface area contributed by atoms with E-state index in [0.717, 1.165) is 50.5 Å². The van der Waals surface area contributed by atoms with Crippen molar-refractivity contribution in [2.75, 3.05) is 6.61 Å². The predicted octanol–water partition coefficient (Wildman–Crippen LogP) is 8.53. The zero-order valence-corrected chi connectivity index (χ0v) is 30.2. The number of aliphatic hydroxyl groups excluding tert-OH is 1. The molecule has 1 aliphatic heterocycles. The molecule has 0 amide bonds. The van der Waals surface area contributed by atoms with Crippen LogP contribution >= 0.6 is 0 Å². The van der Waals surface area contributed by atoms with Crippen LogP contribution in [0.15, 0.2) is 36.0 Å². The molecule has 7 unspecified atom stereocenters. The number of fused-ring (bicyclic) bond motifs is 7. The third-order valence-corrected chi connectivity index (χ3v) is 12.7. The van der Waals surface area contributed by atoms with Crippen LogP contribution in [0.1, 0.15) is 143 Å². The summed E-state index contributed by atoms with van der Waals surface area (Å²) in [7, 11) is 0. The van der Waals surface area contributed by atoms with Gasteiger partial charge in [0.25, 0.3) is 0 Å². The number of allylic oxidation sites excluding steroid dienone is 6. The van der Waals surface area contributed by atoms with E-state index in [2.05, 4.69) is 45.9 Å². The Kier molecular flexibility index (Phi) is 12.6. The van der Waals surface area contributed by atoms with Gasteiger partial charge < -0.3 is 19.3 Å². The van der Waals surface area contributed by atoms with Crippen LogP contribution in [0.25, 0.3) is 0 Å². The van der Waals surface area contributed by atoms with E-state index in [0.29, 0.717) is 32.1 Å². The SMILES string of the molecule is CCCCCCC=CCCCCCCCC(=O)OCC(=O)[C@@]12OC(CCC)O[C@@H]1CC1C3CC=C4CC(=O)C=CC4(C)C3C(O)CC12C. The summed E-state index contributed by atoms with van der Waals surface area (Å²) in [6.07, 6.45) is 25.7. The van der Waals surface area contributed by atoms with Crippen LogP contribution in [0.3, 0.4) is 0 Å². The molecule has 1 heterocycles. The molecular formula is C41H62O7. The lowest BCUT2D eigenvalue weighted by Gasteiger charge is -2.59. The highest BCUT2D eigenvalue weighted by molar-refractivity contribution is 5.94. The average Bonchev–Trinajstić information content (AvgIpc) is 3.54. The number of unbranched alkanes of at least 4 members (excludes halogenated alkanes) is 9. The molecule has 1 saturated heterocycles. The Bertz CT molecular complexity index is 1240. The second-order valence-corrected chi connectivity index (χ2v) is 15.9. The number of ketones is 2. The molecule has 48 heavy (non-hydrogen) atoms. The highest BCUT2D eigenvalue weighted by Gasteiger charge is 2.75. The maximum atomic E-state index is 14.3. The third-order valence-electron chi connectivity index (χ3n) is 12.7. The van der Waals surface area contributed by atoms with E-state index in [1.807, 2.05) is 6.08 Å². The summed E-state index contributed by atoms with van der Waals surface area (Å²) < 4.78 is 18.8. The second-order valence-electron chi connectivity index (χ2n) is 15.9. The Labute approximate surface area is 289 Å². The summed E-state index contributed by atoms with van der Waals surface area (Å²) in [4.78, 5) is 39.3. The first kappa shape index (κ1) is 37.2. The van der Waals surface area contributed by atoms with Crippen molar-refractivity contribution in [2.24, 2.45) is 28.6 Å². The molecule has 9 atom stereocenters. The van der Waals surface area contributed by atoms with Gasteiger partial charge in [0.1, 0.15) is 0 Å². The smallest absolute Gasteiger partial charge is 0.306 e. The van der Waals surface area contributed by atoms with Crippen LogP contribution in [0.4, 0.5) is 0 Å². The van der Waals surface area contributed by atoms with Crippen molar-refractivity contribution in [3.8, 4) is 0 Å². The number of Topliss-reactive ketones (excluding diaryl/α,β-unsaturated/α-hetero) is 1. The van der Waals surface area contributed by atoms with Crippen LogP contribution in [0, 0.1) is 28.6 Å². The van der Waals surface area contributed by atoms with Gasteiger partial charge in [0, 0.05) is 29.6 Å². The van der Waals surface area contributed by atoms with Crippen molar-refractivity contribution >= 4 is 17.5 Å².